The number of rotatable bonds is 5. The van der Waals surface area contributed by atoms with Crippen LogP contribution in [0, 0.1) is 11.7 Å². The quantitative estimate of drug-likeness (QED) is 0.784. The molecular weight excluding hydrogens is 307 g/mol. The average molecular weight is 326 g/mol. The molecule has 0 aliphatic carbocycles. The number of benzene rings is 1. The molecule has 0 saturated heterocycles. The Bertz CT molecular complexity index is 855. The summed E-state index contributed by atoms with van der Waals surface area (Å²) in [6, 6.07) is 9.92. The van der Waals surface area contributed by atoms with Crippen LogP contribution >= 0.6 is 0 Å². The number of hydrogen-bond acceptors (Lipinski definition) is 3. The lowest BCUT2D eigenvalue weighted by Gasteiger charge is -2.11. The third-order valence-electron chi connectivity index (χ3n) is 3.77. The van der Waals surface area contributed by atoms with E-state index in [2.05, 4.69) is 15.3 Å². The van der Waals surface area contributed by atoms with Gasteiger partial charge in [-0.25, -0.2) is 14.4 Å². The second kappa shape index (κ2) is 6.78. The van der Waals surface area contributed by atoms with Crippen LogP contribution in [0.2, 0.25) is 0 Å². The van der Waals surface area contributed by atoms with Gasteiger partial charge in [0.25, 0.3) is 0 Å². The van der Waals surface area contributed by atoms with Crippen LogP contribution in [0.1, 0.15) is 13.8 Å². The van der Waals surface area contributed by atoms with Crippen molar-refractivity contribution in [3.05, 3.63) is 48.4 Å². The molecule has 24 heavy (non-hydrogen) atoms. The second-order valence-electron chi connectivity index (χ2n) is 5.89. The molecule has 3 rings (SSSR count). The summed E-state index contributed by atoms with van der Waals surface area (Å²) in [5, 5.41) is 2.90. The molecule has 6 heteroatoms. The monoisotopic (exact) mass is 326 g/mol. The standard InChI is InChI=1S/C18H19FN4O/c1-12(2)18(24)21-10-11-23-16(13-5-7-14(19)8-6-13)22-15-4-3-9-20-17(15)23/h3-9,12H,10-11H2,1-2H3,(H,21,24). The Morgan fingerprint density at radius 1 is 1.25 bits per heavy atom. The SMILES string of the molecule is CC(C)C(=O)NCCn1c(-c2ccc(F)cc2)nc2cccnc21. The maximum absolute atomic E-state index is 13.2. The summed E-state index contributed by atoms with van der Waals surface area (Å²) in [5.74, 6) is 0.376. The van der Waals surface area contributed by atoms with Crippen molar-refractivity contribution < 1.29 is 9.18 Å². The topological polar surface area (TPSA) is 59.8 Å². The zero-order chi connectivity index (χ0) is 17.1. The molecule has 0 radical (unpaired) electrons. The molecule has 0 spiro atoms. The molecule has 124 valence electrons. The Kier molecular flexibility index (Phi) is 4.55. The van der Waals surface area contributed by atoms with E-state index in [-0.39, 0.29) is 17.6 Å². The Hall–Kier alpha value is -2.76. The van der Waals surface area contributed by atoms with Crippen LogP contribution in [-0.4, -0.2) is 27.0 Å². The van der Waals surface area contributed by atoms with Crippen LogP contribution in [0.3, 0.4) is 0 Å². The third kappa shape index (κ3) is 3.27. The number of imidazole rings is 1. The fraction of sp³-hybridized carbons (Fsp3) is 0.278. The Morgan fingerprint density at radius 2 is 2.00 bits per heavy atom. The fourth-order valence-electron chi connectivity index (χ4n) is 2.48. The highest BCUT2D eigenvalue weighted by molar-refractivity contribution is 5.78. The van der Waals surface area contributed by atoms with E-state index in [1.54, 1.807) is 18.3 Å². The van der Waals surface area contributed by atoms with E-state index in [4.69, 9.17) is 0 Å². The largest absolute Gasteiger partial charge is 0.354 e. The lowest BCUT2D eigenvalue weighted by atomic mass is 10.2. The van der Waals surface area contributed by atoms with E-state index in [0.717, 1.165) is 16.7 Å². The Morgan fingerprint density at radius 3 is 2.71 bits per heavy atom. The van der Waals surface area contributed by atoms with E-state index in [1.807, 2.05) is 30.5 Å². The number of pyridine rings is 1. The minimum Gasteiger partial charge on any atom is -0.354 e. The summed E-state index contributed by atoms with van der Waals surface area (Å²) in [6.07, 6.45) is 1.71. The molecule has 1 amide bonds. The molecule has 2 aromatic heterocycles. The smallest absolute Gasteiger partial charge is 0.222 e. The van der Waals surface area contributed by atoms with E-state index in [1.165, 1.54) is 12.1 Å². The van der Waals surface area contributed by atoms with E-state index < -0.39 is 0 Å². The van der Waals surface area contributed by atoms with Crippen molar-refractivity contribution >= 4 is 17.1 Å². The lowest BCUT2D eigenvalue weighted by molar-refractivity contribution is -0.123. The number of amides is 1. The normalized spacial score (nSPS) is 11.2. The van der Waals surface area contributed by atoms with Gasteiger partial charge in [0.15, 0.2) is 5.65 Å². The van der Waals surface area contributed by atoms with Crippen LogP contribution in [0.4, 0.5) is 4.39 Å². The predicted octanol–water partition coefficient (Wildman–Crippen LogP) is 3.01. The zero-order valence-electron chi connectivity index (χ0n) is 13.7. The van der Waals surface area contributed by atoms with Crippen molar-refractivity contribution in [2.24, 2.45) is 5.92 Å². The van der Waals surface area contributed by atoms with Crippen molar-refractivity contribution in [1.29, 1.82) is 0 Å². The van der Waals surface area contributed by atoms with Gasteiger partial charge in [0.1, 0.15) is 17.2 Å². The highest BCUT2D eigenvalue weighted by atomic mass is 19.1. The second-order valence-corrected chi connectivity index (χ2v) is 5.89. The van der Waals surface area contributed by atoms with Crippen molar-refractivity contribution in [3.63, 3.8) is 0 Å². The van der Waals surface area contributed by atoms with Gasteiger partial charge in [0, 0.05) is 30.8 Å². The molecule has 0 atom stereocenters. The number of nitrogens with one attached hydrogen (secondary N) is 1. The molecule has 2 heterocycles. The predicted molar refractivity (Wildman–Crippen MR) is 90.8 cm³/mol. The van der Waals surface area contributed by atoms with Crippen molar-refractivity contribution in [1.82, 2.24) is 19.9 Å². The van der Waals surface area contributed by atoms with E-state index in [0.29, 0.717) is 18.9 Å². The maximum Gasteiger partial charge on any atom is 0.222 e. The molecule has 0 fully saturated rings. The first-order chi connectivity index (χ1) is 11.6. The maximum atomic E-state index is 13.2. The number of halogens is 1. The first-order valence-electron chi connectivity index (χ1n) is 7.91. The summed E-state index contributed by atoms with van der Waals surface area (Å²) < 4.78 is 15.1. The van der Waals surface area contributed by atoms with Gasteiger partial charge in [-0.15, -0.1) is 0 Å². The molecule has 1 aromatic carbocycles. The van der Waals surface area contributed by atoms with E-state index in [9.17, 15) is 9.18 Å². The molecule has 1 N–H and O–H groups in total. The van der Waals surface area contributed by atoms with Crippen LogP contribution in [0.15, 0.2) is 42.6 Å². The summed E-state index contributed by atoms with van der Waals surface area (Å²) in [5.41, 5.74) is 2.33. The van der Waals surface area contributed by atoms with Gasteiger partial charge in [-0.1, -0.05) is 13.8 Å². The highest BCUT2D eigenvalue weighted by Crippen LogP contribution is 2.23. The van der Waals surface area contributed by atoms with Crippen molar-refractivity contribution in [2.45, 2.75) is 20.4 Å². The van der Waals surface area contributed by atoms with Crippen LogP contribution in [0.5, 0.6) is 0 Å². The van der Waals surface area contributed by atoms with Gasteiger partial charge in [-0.05, 0) is 36.4 Å². The number of carbonyl (C=O) groups is 1. The minimum atomic E-state index is -0.288. The Labute approximate surface area is 139 Å². The molecular formula is C18H19FN4O. The summed E-state index contributed by atoms with van der Waals surface area (Å²) in [6.45, 7) is 4.73. The summed E-state index contributed by atoms with van der Waals surface area (Å²) in [4.78, 5) is 20.7. The van der Waals surface area contributed by atoms with Crippen molar-refractivity contribution in [3.8, 4) is 11.4 Å². The highest BCUT2D eigenvalue weighted by Gasteiger charge is 2.14. The number of carbonyl (C=O) groups excluding carboxylic acids is 1. The molecule has 0 saturated carbocycles. The van der Waals surface area contributed by atoms with Gasteiger partial charge in [-0.3, -0.25) is 4.79 Å². The van der Waals surface area contributed by atoms with Gasteiger partial charge < -0.3 is 9.88 Å². The van der Waals surface area contributed by atoms with Crippen molar-refractivity contribution in [2.75, 3.05) is 6.54 Å². The number of fused-ring (bicyclic) bond motifs is 1. The minimum absolute atomic E-state index is 0.00992. The van der Waals surface area contributed by atoms with Crippen LogP contribution in [0.25, 0.3) is 22.6 Å². The summed E-state index contributed by atoms with van der Waals surface area (Å²) >= 11 is 0. The van der Waals surface area contributed by atoms with Gasteiger partial charge in [0.2, 0.25) is 5.91 Å². The summed E-state index contributed by atoms with van der Waals surface area (Å²) in [7, 11) is 0. The lowest BCUT2D eigenvalue weighted by Crippen LogP contribution is -2.30. The fourth-order valence-corrected chi connectivity index (χ4v) is 2.48. The molecule has 0 aliphatic heterocycles. The number of hydrogen-bond donors (Lipinski definition) is 1. The first-order valence-corrected chi connectivity index (χ1v) is 7.91. The van der Waals surface area contributed by atoms with Gasteiger partial charge in [-0.2, -0.15) is 0 Å². The average Bonchev–Trinajstić information content (AvgIpc) is 2.94. The number of nitrogens with zero attached hydrogens (tertiary/aromatic N) is 3. The zero-order valence-corrected chi connectivity index (χ0v) is 13.7. The first kappa shape index (κ1) is 16.1. The van der Waals surface area contributed by atoms with Gasteiger partial charge >= 0.3 is 0 Å². The molecule has 3 aromatic rings. The molecule has 0 aliphatic rings. The van der Waals surface area contributed by atoms with Crippen LogP contribution < -0.4 is 5.32 Å². The van der Waals surface area contributed by atoms with E-state index >= 15 is 0 Å². The molecule has 0 unspecified atom stereocenters. The third-order valence-corrected chi connectivity index (χ3v) is 3.77. The molecule has 5 nitrogen and oxygen atoms in total. The number of aromatic nitrogens is 3. The van der Waals surface area contributed by atoms with Gasteiger partial charge in [0.05, 0.1) is 0 Å². The molecule has 0 bridgehead atoms. The van der Waals surface area contributed by atoms with Crippen LogP contribution in [-0.2, 0) is 11.3 Å². The Balaban J connectivity index is 1.93.